The van der Waals surface area contributed by atoms with Gasteiger partial charge in [-0.3, -0.25) is 0 Å². The summed E-state index contributed by atoms with van der Waals surface area (Å²) in [4.78, 5) is 18.4. The Bertz CT molecular complexity index is 664. The minimum absolute atomic E-state index is 0.0433. The molecule has 2 aromatic heterocycles. The van der Waals surface area contributed by atoms with Gasteiger partial charge < -0.3 is 19.2 Å². The molecular formula is C16H22N4O3. The third-order valence-electron chi connectivity index (χ3n) is 4.06. The zero-order chi connectivity index (χ0) is 16.2. The Hall–Kier alpha value is -2.31. The van der Waals surface area contributed by atoms with Gasteiger partial charge >= 0.3 is 6.03 Å². The van der Waals surface area contributed by atoms with Gasteiger partial charge in [-0.05, 0) is 31.9 Å². The Morgan fingerprint density at radius 2 is 2.30 bits per heavy atom. The molecule has 0 radical (unpaired) electrons. The third-order valence-corrected chi connectivity index (χ3v) is 4.06. The molecule has 1 N–H and O–H groups in total. The number of aryl methyl sites for hydroxylation is 2. The van der Waals surface area contributed by atoms with Crippen molar-refractivity contribution in [1.29, 1.82) is 0 Å². The average molecular weight is 318 g/mol. The summed E-state index contributed by atoms with van der Waals surface area (Å²) in [6.45, 7) is 5.65. The largest absolute Gasteiger partial charge is 0.466 e. The number of likely N-dealkylation sites (tertiary alicyclic amines) is 1. The second kappa shape index (κ2) is 6.85. The van der Waals surface area contributed by atoms with Crippen LogP contribution in [0.25, 0.3) is 0 Å². The second-order valence-corrected chi connectivity index (χ2v) is 5.95. The maximum absolute atomic E-state index is 12.3. The number of hydrogen-bond donors (Lipinski definition) is 1. The zero-order valence-corrected chi connectivity index (χ0v) is 13.5. The number of rotatable bonds is 4. The van der Waals surface area contributed by atoms with Crippen molar-refractivity contribution in [3.05, 3.63) is 35.4 Å². The first-order chi connectivity index (χ1) is 11.1. The fourth-order valence-electron chi connectivity index (χ4n) is 2.88. The lowest BCUT2D eigenvalue weighted by Crippen LogP contribution is -2.45. The molecule has 0 unspecified atom stereocenters. The van der Waals surface area contributed by atoms with E-state index < -0.39 is 0 Å². The Balaban J connectivity index is 1.48. The highest BCUT2D eigenvalue weighted by molar-refractivity contribution is 5.74. The molecule has 23 heavy (non-hydrogen) atoms. The third kappa shape index (κ3) is 3.91. The molecule has 0 saturated carbocycles. The summed E-state index contributed by atoms with van der Waals surface area (Å²) < 4.78 is 10.5. The summed E-state index contributed by atoms with van der Waals surface area (Å²) >= 11 is 0. The number of hydrogen-bond acceptors (Lipinski definition) is 5. The summed E-state index contributed by atoms with van der Waals surface area (Å²) in [7, 11) is 0. The van der Waals surface area contributed by atoms with Gasteiger partial charge in [-0.15, -0.1) is 0 Å². The molecule has 0 bridgehead atoms. The van der Waals surface area contributed by atoms with E-state index in [0.717, 1.165) is 30.9 Å². The Morgan fingerprint density at radius 1 is 1.43 bits per heavy atom. The van der Waals surface area contributed by atoms with Crippen LogP contribution in [0.1, 0.15) is 42.0 Å². The number of urea groups is 1. The molecule has 1 saturated heterocycles. The van der Waals surface area contributed by atoms with Gasteiger partial charge in [0.15, 0.2) is 5.82 Å². The lowest BCUT2D eigenvalue weighted by molar-refractivity contribution is 0.177. The van der Waals surface area contributed by atoms with Crippen LogP contribution in [0.3, 0.4) is 0 Å². The smallest absolute Gasteiger partial charge is 0.317 e. The van der Waals surface area contributed by atoms with Crippen LogP contribution < -0.4 is 5.32 Å². The van der Waals surface area contributed by atoms with Crippen LogP contribution in [0.4, 0.5) is 4.79 Å². The molecule has 1 aliphatic rings. The van der Waals surface area contributed by atoms with Gasteiger partial charge in [0, 0.05) is 38.9 Å². The Kier molecular flexibility index (Phi) is 4.64. The maximum atomic E-state index is 12.3. The van der Waals surface area contributed by atoms with Crippen LogP contribution in [-0.4, -0.2) is 40.7 Å². The first kappa shape index (κ1) is 15.6. The van der Waals surface area contributed by atoms with Crippen LogP contribution in [0, 0.1) is 13.8 Å². The average Bonchev–Trinajstić information content (AvgIpc) is 3.16. The lowest BCUT2D eigenvalue weighted by Gasteiger charge is -2.31. The number of carbonyl (C=O) groups excluding carboxylic acids is 1. The van der Waals surface area contributed by atoms with Crippen molar-refractivity contribution < 1.29 is 13.7 Å². The quantitative estimate of drug-likeness (QED) is 0.936. The predicted molar refractivity (Wildman–Crippen MR) is 83.1 cm³/mol. The van der Waals surface area contributed by atoms with Crippen molar-refractivity contribution in [3.8, 4) is 0 Å². The molecule has 0 aromatic carbocycles. The summed E-state index contributed by atoms with van der Waals surface area (Å²) in [5.41, 5.74) is 0. The van der Waals surface area contributed by atoms with E-state index in [0.29, 0.717) is 31.2 Å². The summed E-state index contributed by atoms with van der Waals surface area (Å²) in [6, 6.07) is 3.83. The van der Waals surface area contributed by atoms with Crippen LogP contribution in [-0.2, 0) is 6.42 Å². The fraction of sp³-hybridized carbons (Fsp3) is 0.562. The van der Waals surface area contributed by atoms with E-state index in [-0.39, 0.29) is 11.9 Å². The van der Waals surface area contributed by atoms with E-state index in [9.17, 15) is 4.79 Å². The van der Waals surface area contributed by atoms with Crippen molar-refractivity contribution in [3.63, 3.8) is 0 Å². The highest BCUT2D eigenvalue weighted by atomic mass is 16.5. The van der Waals surface area contributed by atoms with E-state index in [1.165, 1.54) is 0 Å². The van der Waals surface area contributed by atoms with Gasteiger partial charge in [-0.1, -0.05) is 5.16 Å². The Morgan fingerprint density at radius 3 is 3.00 bits per heavy atom. The van der Waals surface area contributed by atoms with Gasteiger partial charge in [0.05, 0.1) is 0 Å². The molecule has 1 aliphatic heterocycles. The van der Waals surface area contributed by atoms with Gasteiger partial charge in [0.1, 0.15) is 11.5 Å². The molecule has 1 fully saturated rings. The molecule has 0 aliphatic carbocycles. The van der Waals surface area contributed by atoms with Crippen molar-refractivity contribution in [2.45, 2.75) is 39.0 Å². The molecule has 3 heterocycles. The number of nitrogens with one attached hydrogen (secondary N) is 1. The minimum Gasteiger partial charge on any atom is -0.466 e. The summed E-state index contributed by atoms with van der Waals surface area (Å²) in [5, 5.41) is 6.93. The molecule has 1 atom stereocenters. The van der Waals surface area contributed by atoms with E-state index in [1.54, 1.807) is 6.92 Å². The zero-order valence-electron chi connectivity index (χ0n) is 13.5. The van der Waals surface area contributed by atoms with E-state index in [1.807, 2.05) is 24.0 Å². The first-order valence-electron chi connectivity index (χ1n) is 8.00. The van der Waals surface area contributed by atoms with E-state index in [2.05, 4.69) is 15.5 Å². The van der Waals surface area contributed by atoms with Crippen molar-refractivity contribution >= 4 is 6.03 Å². The fourth-order valence-corrected chi connectivity index (χ4v) is 2.88. The molecule has 2 amide bonds. The first-order valence-corrected chi connectivity index (χ1v) is 8.00. The van der Waals surface area contributed by atoms with Crippen molar-refractivity contribution in [2.75, 3.05) is 19.6 Å². The van der Waals surface area contributed by atoms with E-state index in [4.69, 9.17) is 8.94 Å². The predicted octanol–water partition coefficient (Wildman–Crippen LogP) is 2.41. The number of amides is 2. The standard InChI is InChI=1S/C16H22N4O3/c1-11-5-6-14(22-11)7-8-17-16(21)20-9-3-4-13(10-20)15-18-12(2)23-19-15/h5-6,13H,3-4,7-10H2,1-2H3,(H,17,21)/t13-/m0/s1. The highest BCUT2D eigenvalue weighted by Gasteiger charge is 2.27. The van der Waals surface area contributed by atoms with E-state index >= 15 is 0 Å². The minimum atomic E-state index is -0.0433. The SMILES string of the molecule is Cc1ccc(CCNC(=O)N2CCC[C@H](c3noc(C)n3)C2)o1. The van der Waals surface area contributed by atoms with Gasteiger partial charge in [0.2, 0.25) is 5.89 Å². The van der Waals surface area contributed by atoms with Crippen LogP contribution in [0.15, 0.2) is 21.1 Å². The molecule has 3 rings (SSSR count). The number of carbonyl (C=O) groups is 1. The molecule has 7 nitrogen and oxygen atoms in total. The maximum Gasteiger partial charge on any atom is 0.317 e. The van der Waals surface area contributed by atoms with Crippen LogP contribution in [0.5, 0.6) is 0 Å². The molecule has 7 heteroatoms. The second-order valence-electron chi connectivity index (χ2n) is 5.95. The number of aromatic nitrogens is 2. The molecule has 0 spiro atoms. The van der Waals surface area contributed by atoms with Gasteiger partial charge in [-0.25, -0.2) is 4.79 Å². The monoisotopic (exact) mass is 318 g/mol. The highest BCUT2D eigenvalue weighted by Crippen LogP contribution is 2.24. The van der Waals surface area contributed by atoms with Crippen molar-refractivity contribution in [1.82, 2.24) is 20.4 Å². The summed E-state index contributed by atoms with van der Waals surface area (Å²) in [6.07, 6.45) is 2.62. The molecule has 124 valence electrons. The van der Waals surface area contributed by atoms with Crippen LogP contribution >= 0.6 is 0 Å². The molecule has 2 aromatic rings. The van der Waals surface area contributed by atoms with Crippen molar-refractivity contribution in [2.24, 2.45) is 0 Å². The number of piperidine rings is 1. The normalized spacial score (nSPS) is 18.2. The van der Waals surface area contributed by atoms with Crippen LogP contribution in [0.2, 0.25) is 0 Å². The topological polar surface area (TPSA) is 84.4 Å². The lowest BCUT2D eigenvalue weighted by atomic mass is 9.98. The molecular weight excluding hydrogens is 296 g/mol. The number of furan rings is 1. The number of nitrogens with zero attached hydrogens (tertiary/aromatic N) is 3. The Labute approximate surface area is 135 Å². The van der Waals surface area contributed by atoms with Gasteiger partial charge in [-0.2, -0.15) is 4.98 Å². The van der Waals surface area contributed by atoms with Gasteiger partial charge in [0.25, 0.3) is 0 Å². The summed E-state index contributed by atoms with van der Waals surface area (Å²) in [5.74, 6) is 3.20.